The highest BCUT2D eigenvalue weighted by Crippen LogP contribution is 2.13. The zero-order valence-corrected chi connectivity index (χ0v) is 9.54. The number of hydrogen-bond donors (Lipinski definition) is 1. The standard InChI is InChI=1S/C12H24O2/c1-3-4-5-6-7-8-9-12(10-13)11(2)14/h10-12,14H,3-9H2,1-2H3. The summed E-state index contributed by atoms with van der Waals surface area (Å²) in [6, 6.07) is 0. The molecule has 2 atom stereocenters. The Kier molecular flexibility index (Phi) is 8.95. The largest absolute Gasteiger partial charge is 0.393 e. The van der Waals surface area contributed by atoms with E-state index in [1.165, 1.54) is 32.1 Å². The lowest BCUT2D eigenvalue weighted by molar-refractivity contribution is -0.114. The van der Waals surface area contributed by atoms with E-state index in [-0.39, 0.29) is 5.92 Å². The minimum Gasteiger partial charge on any atom is -0.393 e. The van der Waals surface area contributed by atoms with Crippen LogP contribution in [0.5, 0.6) is 0 Å². The van der Waals surface area contributed by atoms with E-state index in [1.807, 2.05) is 0 Å². The average molecular weight is 200 g/mol. The molecule has 14 heavy (non-hydrogen) atoms. The molecule has 0 rings (SSSR count). The van der Waals surface area contributed by atoms with Gasteiger partial charge in [-0.25, -0.2) is 0 Å². The minimum atomic E-state index is -0.483. The highest BCUT2D eigenvalue weighted by molar-refractivity contribution is 5.54. The topological polar surface area (TPSA) is 37.3 Å². The van der Waals surface area contributed by atoms with Gasteiger partial charge in [0.1, 0.15) is 6.29 Å². The molecule has 84 valence electrons. The number of aldehydes is 1. The van der Waals surface area contributed by atoms with Crippen LogP contribution in [0, 0.1) is 5.92 Å². The monoisotopic (exact) mass is 200 g/mol. The number of aliphatic hydroxyl groups is 1. The third kappa shape index (κ3) is 7.07. The van der Waals surface area contributed by atoms with Crippen LogP contribution in [0.15, 0.2) is 0 Å². The van der Waals surface area contributed by atoms with Crippen molar-refractivity contribution in [1.82, 2.24) is 0 Å². The molecule has 0 aliphatic heterocycles. The molecule has 0 saturated heterocycles. The van der Waals surface area contributed by atoms with E-state index in [2.05, 4.69) is 6.92 Å². The lowest BCUT2D eigenvalue weighted by atomic mass is 9.97. The summed E-state index contributed by atoms with van der Waals surface area (Å²) < 4.78 is 0. The molecule has 2 nitrogen and oxygen atoms in total. The Labute approximate surface area is 87.7 Å². The smallest absolute Gasteiger partial charge is 0.125 e. The fourth-order valence-corrected chi connectivity index (χ4v) is 1.58. The summed E-state index contributed by atoms with van der Waals surface area (Å²) in [5.41, 5.74) is 0. The molecule has 0 aliphatic rings. The molecule has 0 aromatic rings. The first-order valence-electron chi connectivity index (χ1n) is 5.85. The van der Waals surface area contributed by atoms with E-state index in [1.54, 1.807) is 6.92 Å². The summed E-state index contributed by atoms with van der Waals surface area (Å²) in [4.78, 5) is 10.6. The molecule has 0 bridgehead atoms. The molecule has 2 unspecified atom stereocenters. The van der Waals surface area contributed by atoms with Crippen LogP contribution in [0.2, 0.25) is 0 Å². The zero-order valence-electron chi connectivity index (χ0n) is 9.54. The highest BCUT2D eigenvalue weighted by atomic mass is 16.3. The van der Waals surface area contributed by atoms with E-state index in [0.29, 0.717) is 0 Å². The van der Waals surface area contributed by atoms with Gasteiger partial charge in [-0.2, -0.15) is 0 Å². The summed E-state index contributed by atoms with van der Waals surface area (Å²) in [5, 5.41) is 9.22. The molecular weight excluding hydrogens is 176 g/mol. The number of aliphatic hydroxyl groups excluding tert-OH is 1. The molecule has 0 heterocycles. The van der Waals surface area contributed by atoms with Crippen molar-refractivity contribution in [2.45, 2.75) is 64.9 Å². The fraction of sp³-hybridized carbons (Fsp3) is 0.917. The van der Waals surface area contributed by atoms with Crippen LogP contribution in [0.25, 0.3) is 0 Å². The second-order valence-electron chi connectivity index (χ2n) is 4.10. The number of hydrogen-bond acceptors (Lipinski definition) is 2. The predicted octanol–water partition coefficient (Wildman–Crippen LogP) is 2.93. The lowest BCUT2D eigenvalue weighted by Crippen LogP contribution is -2.17. The summed E-state index contributed by atoms with van der Waals surface area (Å²) in [7, 11) is 0. The molecule has 0 aromatic heterocycles. The third-order valence-corrected chi connectivity index (χ3v) is 2.69. The van der Waals surface area contributed by atoms with Gasteiger partial charge in [0.2, 0.25) is 0 Å². The van der Waals surface area contributed by atoms with Gasteiger partial charge in [0.15, 0.2) is 0 Å². The van der Waals surface area contributed by atoms with Gasteiger partial charge in [-0.15, -0.1) is 0 Å². The van der Waals surface area contributed by atoms with Crippen molar-refractivity contribution in [1.29, 1.82) is 0 Å². The Morgan fingerprint density at radius 3 is 2.21 bits per heavy atom. The Hall–Kier alpha value is -0.370. The van der Waals surface area contributed by atoms with Crippen molar-refractivity contribution in [2.24, 2.45) is 5.92 Å². The summed E-state index contributed by atoms with van der Waals surface area (Å²) in [5.74, 6) is -0.152. The van der Waals surface area contributed by atoms with Crippen LogP contribution in [-0.2, 0) is 4.79 Å². The van der Waals surface area contributed by atoms with E-state index < -0.39 is 6.10 Å². The van der Waals surface area contributed by atoms with Gasteiger partial charge in [-0.05, 0) is 13.3 Å². The van der Waals surface area contributed by atoms with Gasteiger partial charge in [0, 0.05) is 5.92 Å². The molecule has 0 aromatic carbocycles. The quantitative estimate of drug-likeness (QED) is 0.459. The van der Waals surface area contributed by atoms with Gasteiger partial charge in [-0.1, -0.05) is 45.4 Å². The molecule has 2 heteroatoms. The van der Waals surface area contributed by atoms with Gasteiger partial charge in [-0.3, -0.25) is 0 Å². The van der Waals surface area contributed by atoms with Gasteiger partial charge >= 0.3 is 0 Å². The van der Waals surface area contributed by atoms with Crippen LogP contribution in [0.4, 0.5) is 0 Å². The number of rotatable bonds is 9. The highest BCUT2D eigenvalue weighted by Gasteiger charge is 2.12. The van der Waals surface area contributed by atoms with E-state index in [9.17, 15) is 9.90 Å². The molecule has 1 N–H and O–H groups in total. The van der Waals surface area contributed by atoms with Gasteiger partial charge in [0.05, 0.1) is 6.10 Å². The molecule has 0 saturated carbocycles. The van der Waals surface area contributed by atoms with Crippen molar-refractivity contribution in [3.8, 4) is 0 Å². The van der Waals surface area contributed by atoms with Crippen molar-refractivity contribution in [2.75, 3.05) is 0 Å². The first-order chi connectivity index (χ1) is 6.72. The lowest BCUT2D eigenvalue weighted by Gasteiger charge is -2.12. The minimum absolute atomic E-state index is 0.152. The van der Waals surface area contributed by atoms with Crippen molar-refractivity contribution < 1.29 is 9.90 Å². The van der Waals surface area contributed by atoms with E-state index in [4.69, 9.17) is 0 Å². The zero-order chi connectivity index (χ0) is 10.8. The fourth-order valence-electron chi connectivity index (χ4n) is 1.58. The molecule has 0 spiro atoms. The SMILES string of the molecule is CCCCCCCCC(C=O)C(C)O. The summed E-state index contributed by atoms with van der Waals surface area (Å²) in [6.45, 7) is 3.89. The molecular formula is C12H24O2. The van der Waals surface area contributed by atoms with Gasteiger partial charge < -0.3 is 9.90 Å². The van der Waals surface area contributed by atoms with Gasteiger partial charge in [0.25, 0.3) is 0 Å². The Morgan fingerprint density at radius 2 is 1.71 bits per heavy atom. The number of carbonyl (C=O) groups is 1. The van der Waals surface area contributed by atoms with E-state index in [0.717, 1.165) is 19.1 Å². The average Bonchev–Trinajstić information content (AvgIpc) is 2.16. The van der Waals surface area contributed by atoms with Crippen molar-refractivity contribution >= 4 is 6.29 Å². The van der Waals surface area contributed by atoms with E-state index >= 15 is 0 Å². The Balaban J connectivity index is 3.29. The predicted molar refractivity (Wildman–Crippen MR) is 59.2 cm³/mol. The van der Waals surface area contributed by atoms with Crippen molar-refractivity contribution in [3.05, 3.63) is 0 Å². The summed E-state index contributed by atoms with van der Waals surface area (Å²) >= 11 is 0. The Morgan fingerprint density at radius 1 is 1.14 bits per heavy atom. The maximum atomic E-state index is 10.6. The normalized spacial score (nSPS) is 15.1. The molecule has 0 amide bonds. The first kappa shape index (κ1) is 13.6. The molecule has 0 fully saturated rings. The van der Waals surface area contributed by atoms with Crippen LogP contribution >= 0.6 is 0 Å². The Bertz CT molecular complexity index is 132. The van der Waals surface area contributed by atoms with Crippen LogP contribution in [0.1, 0.15) is 58.8 Å². The molecule has 0 aliphatic carbocycles. The second-order valence-corrected chi connectivity index (χ2v) is 4.10. The number of unbranched alkanes of at least 4 members (excludes halogenated alkanes) is 5. The van der Waals surface area contributed by atoms with Crippen molar-refractivity contribution in [3.63, 3.8) is 0 Å². The van der Waals surface area contributed by atoms with Crippen LogP contribution in [-0.4, -0.2) is 17.5 Å². The number of carbonyl (C=O) groups excluding carboxylic acids is 1. The summed E-state index contributed by atoms with van der Waals surface area (Å²) in [6.07, 6.45) is 8.65. The molecule has 0 radical (unpaired) electrons. The third-order valence-electron chi connectivity index (χ3n) is 2.69. The van der Waals surface area contributed by atoms with Crippen LogP contribution < -0.4 is 0 Å². The van der Waals surface area contributed by atoms with Crippen LogP contribution in [0.3, 0.4) is 0 Å². The maximum Gasteiger partial charge on any atom is 0.125 e. The second kappa shape index (κ2) is 9.20. The first-order valence-corrected chi connectivity index (χ1v) is 5.85. The maximum absolute atomic E-state index is 10.6.